The normalized spacial score (nSPS) is 15.7. The van der Waals surface area contributed by atoms with Crippen molar-refractivity contribution >= 4 is 23.0 Å². The lowest BCUT2D eigenvalue weighted by Crippen LogP contribution is -3.14. The lowest BCUT2D eigenvalue weighted by atomic mass is 10.1. The molecule has 1 aliphatic rings. The summed E-state index contributed by atoms with van der Waals surface area (Å²) in [6.07, 6.45) is 1.13. The van der Waals surface area contributed by atoms with Gasteiger partial charge in [-0.15, -0.1) is 0 Å². The molecule has 0 aromatic heterocycles. The number of anilines is 1. The number of quaternary nitrogens is 1. The Morgan fingerprint density at radius 3 is 2.76 bits per heavy atom. The molecule has 1 aromatic rings. The van der Waals surface area contributed by atoms with Crippen LogP contribution in [0.2, 0.25) is 0 Å². The molecular formula is C16H26N3OS+. The second-order valence-electron chi connectivity index (χ2n) is 5.67. The van der Waals surface area contributed by atoms with Crippen LogP contribution in [0.4, 0.5) is 5.69 Å². The molecule has 21 heavy (non-hydrogen) atoms. The van der Waals surface area contributed by atoms with Crippen molar-refractivity contribution in [1.82, 2.24) is 5.32 Å². The van der Waals surface area contributed by atoms with Gasteiger partial charge in [0.25, 0.3) is 0 Å². The summed E-state index contributed by atoms with van der Waals surface area (Å²) in [5.74, 6) is 0. The highest BCUT2D eigenvalue weighted by Gasteiger charge is 2.12. The predicted octanol–water partition coefficient (Wildman–Crippen LogP) is 0.895. The van der Waals surface area contributed by atoms with Crippen LogP contribution in [0.3, 0.4) is 0 Å². The van der Waals surface area contributed by atoms with Crippen molar-refractivity contribution in [2.45, 2.75) is 20.3 Å². The molecule has 0 spiro atoms. The summed E-state index contributed by atoms with van der Waals surface area (Å²) in [7, 11) is 0. The third kappa shape index (κ3) is 5.61. The van der Waals surface area contributed by atoms with Crippen molar-refractivity contribution in [3.05, 3.63) is 29.3 Å². The molecule has 1 fully saturated rings. The van der Waals surface area contributed by atoms with Crippen LogP contribution in [-0.4, -0.2) is 44.5 Å². The molecule has 1 saturated heterocycles. The van der Waals surface area contributed by atoms with Gasteiger partial charge in [-0.3, -0.25) is 0 Å². The summed E-state index contributed by atoms with van der Waals surface area (Å²) >= 11 is 5.35. The Kier molecular flexibility index (Phi) is 6.42. The van der Waals surface area contributed by atoms with E-state index in [1.54, 1.807) is 4.90 Å². The summed E-state index contributed by atoms with van der Waals surface area (Å²) in [5, 5.41) is 7.27. The van der Waals surface area contributed by atoms with E-state index >= 15 is 0 Å². The molecule has 0 bridgehead atoms. The number of hydrogen-bond acceptors (Lipinski definition) is 2. The summed E-state index contributed by atoms with van der Waals surface area (Å²) in [6.45, 7) is 10.4. The number of thiocarbonyl (C=S) groups is 1. The molecule has 0 saturated carbocycles. The number of rotatable bonds is 5. The average Bonchev–Trinajstić information content (AvgIpc) is 2.48. The second kappa shape index (κ2) is 8.32. The molecule has 0 unspecified atom stereocenters. The Balaban J connectivity index is 1.65. The highest BCUT2D eigenvalue weighted by molar-refractivity contribution is 7.80. The molecule has 0 radical (unpaired) electrons. The Labute approximate surface area is 132 Å². The van der Waals surface area contributed by atoms with Gasteiger partial charge in [0.1, 0.15) is 13.1 Å². The van der Waals surface area contributed by atoms with E-state index in [4.69, 9.17) is 17.0 Å². The summed E-state index contributed by atoms with van der Waals surface area (Å²) in [5.41, 5.74) is 3.57. The SMILES string of the molecule is Cc1ccc(NC(=S)NCCC[NH+]2CCOCC2)c(C)c1. The van der Waals surface area contributed by atoms with Gasteiger partial charge in [0.15, 0.2) is 5.11 Å². The van der Waals surface area contributed by atoms with Gasteiger partial charge in [0.05, 0.1) is 19.8 Å². The molecular weight excluding hydrogens is 282 g/mol. The molecule has 1 aliphatic heterocycles. The average molecular weight is 308 g/mol. The fraction of sp³-hybridized carbons (Fsp3) is 0.562. The zero-order chi connectivity index (χ0) is 15.1. The van der Waals surface area contributed by atoms with E-state index in [0.717, 1.165) is 45.0 Å². The third-order valence-corrected chi connectivity index (χ3v) is 4.07. The van der Waals surface area contributed by atoms with Crippen LogP contribution in [0, 0.1) is 13.8 Å². The first-order valence-electron chi connectivity index (χ1n) is 7.68. The highest BCUT2D eigenvalue weighted by Crippen LogP contribution is 2.15. The number of hydrogen-bond donors (Lipinski definition) is 3. The van der Waals surface area contributed by atoms with Crippen molar-refractivity contribution in [2.75, 3.05) is 44.7 Å². The van der Waals surface area contributed by atoms with Gasteiger partial charge in [-0.05, 0) is 37.7 Å². The monoisotopic (exact) mass is 308 g/mol. The fourth-order valence-corrected chi connectivity index (χ4v) is 2.78. The van der Waals surface area contributed by atoms with E-state index in [-0.39, 0.29) is 0 Å². The van der Waals surface area contributed by atoms with Crippen LogP contribution in [0.1, 0.15) is 17.5 Å². The molecule has 3 N–H and O–H groups in total. The molecule has 1 heterocycles. The van der Waals surface area contributed by atoms with Crippen LogP contribution >= 0.6 is 12.2 Å². The number of ether oxygens (including phenoxy) is 1. The molecule has 5 heteroatoms. The maximum atomic E-state index is 5.36. The van der Waals surface area contributed by atoms with Gasteiger partial charge in [-0.2, -0.15) is 0 Å². The Morgan fingerprint density at radius 2 is 2.05 bits per heavy atom. The lowest BCUT2D eigenvalue weighted by molar-refractivity contribution is -0.908. The van der Waals surface area contributed by atoms with Crippen molar-refractivity contribution < 1.29 is 9.64 Å². The van der Waals surface area contributed by atoms with Crippen LogP contribution in [0.5, 0.6) is 0 Å². The molecule has 0 amide bonds. The maximum Gasteiger partial charge on any atom is 0.170 e. The number of benzene rings is 1. The molecule has 116 valence electrons. The van der Waals surface area contributed by atoms with Crippen molar-refractivity contribution in [3.8, 4) is 0 Å². The zero-order valence-corrected chi connectivity index (χ0v) is 13.8. The van der Waals surface area contributed by atoms with Crippen LogP contribution in [0.15, 0.2) is 18.2 Å². The number of aryl methyl sites for hydroxylation is 2. The maximum absolute atomic E-state index is 5.36. The first-order chi connectivity index (χ1) is 10.1. The van der Waals surface area contributed by atoms with Gasteiger partial charge < -0.3 is 20.3 Å². The smallest absolute Gasteiger partial charge is 0.170 e. The Hall–Kier alpha value is -1.17. The standard InChI is InChI=1S/C16H25N3OS/c1-13-4-5-15(14(2)12-13)18-16(21)17-6-3-7-19-8-10-20-11-9-19/h4-5,12H,3,6-11H2,1-2H3,(H2,17,18,21)/p+1. The molecule has 0 atom stereocenters. The molecule has 0 aliphatic carbocycles. The summed E-state index contributed by atoms with van der Waals surface area (Å²) in [6, 6.07) is 6.34. The first kappa shape index (κ1) is 16.2. The van der Waals surface area contributed by atoms with Gasteiger partial charge in [-0.25, -0.2) is 0 Å². The number of morpholine rings is 1. The van der Waals surface area contributed by atoms with E-state index in [9.17, 15) is 0 Å². The van der Waals surface area contributed by atoms with E-state index < -0.39 is 0 Å². The summed E-state index contributed by atoms with van der Waals surface area (Å²) < 4.78 is 5.36. The highest BCUT2D eigenvalue weighted by atomic mass is 32.1. The lowest BCUT2D eigenvalue weighted by Gasteiger charge is -2.23. The van der Waals surface area contributed by atoms with Crippen LogP contribution in [0.25, 0.3) is 0 Å². The Morgan fingerprint density at radius 1 is 1.29 bits per heavy atom. The minimum Gasteiger partial charge on any atom is -0.370 e. The van der Waals surface area contributed by atoms with Crippen molar-refractivity contribution in [1.29, 1.82) is 0 Å². The predicted molar refractivity (Wildman–Crippen MR) is 91.1 cm³/mol. The molecule has 4 nitrogen and oxygen atoms in total. The van der Waals surface area contributed by atoms with E-state index in [0.29, 0.717) is 5.11 Å². The first-order valence-corrected chi connectivity index (χ1v) is 8.09. The minimum absolute atomic E-state index is 0.707. The molecule has 1 aromatic carbocycles. The third-order valence-electron chi connectivity index (χ3n) is 3.82. The van der Waals surface area contributed by atoms with Gasteiger partial charge >= 0.3 is 0 Å². The Bertz CT molecular complexity index is 473. The van der Waals surface area contributed by atoms with E-state index in [1.165, 1.54) is 17.7 Å². The summed E-state index contributed by atoms with van der Waals surface area (Å²) in [4.78, 5) is 1.64. The van der Waals surface area contributed by atoms with Crippen LogP contribution in [-0.2, 0) is 4.74 Å². The number of nitrogens with one attached hydrogen (secondary N) is 3. The largest absolute Gasteiger partial charge is 0.370 e. The minimum atomic E-state index is 0.707. The topological polar surface area (TPSA) is 37.7 Å². The quantitative estimate of drug-likeness (QED) is 0.558. The van der Waals surface area contributed by atoms with Crippen molar-refractivity contribution in [3.63, 3.8) is 0 Å². The zero-order valence-electron chi connectivity index (χ0n) is 13.0. The second-order valence-corrected chi connectivity index (χ2v) is 6.07. The molecule has 2 rings (SSSR count). The van der Waals surface area contributed by atoms with Gasteiger partial charge in [-0.1, -0.05) is 17.7 Å². The van der Waals surface area contributed by atoms with Gasteiger partial charge in [0.2, 0.25) is 0 Å². The van der Waals surface area contributed by atoms with Crippen LogP contribution < -0.4 is 15.5 Å². The fourth-order valence-electron chi connectivity index (χ4n) is 2.57. The van der Waals surface area contributed by atoms with E-state index in [1.807, 2.05) is 0 Å². The van der Waals surface area contributed by atoms with Crippen molar-refractivity contribution in [2.24, 2.45) is 0 Å². The van der Waals surface area contributed by atoms with E-state index in [2.05, 4.69) is 42.7 Å². The van der Waals surface area contributed by atoms with Gasteiger partial charge in [0, 0.05) is 18.7 Å².